The fraction of sp³-hybridized carbons (Fsp3) is 0.533. The molecule has 0 spiro atoms. The standard InChI is InChI=1S/C15H20N2O5S/c1-16(2)23(19,20)12-6-7-13-14(9-12)22-15(18)17(13)10-11-5-3-4-8-21-11/h6-7,9,11H,3-5,8,10H2,1-2H3. The van der Waals surface area contributed by atoms with Crippen LogP contribution in [-0.2, 0) is 21.3 Å². The van der Waals surface area contributed by atoms with Crippen LogP contribution in [0, 0.1) is 0 Å². The first-order valence-electron chi connectivity index (χ1n) is 7.57. The maximum Gasteiger partial charge on any atom is 0.420 e. The van der Waals surface area contributed by atoms with Crippen molar-refractivity contribution in [2.75, 3.05) is 20.7 Å². The number of benzene rings is 1. The third-order valence-electron chi connectivity index (χ3n) is 4.08. The molecule has 2 heterocycles. The van der Waals surface area contributed by atoms with Crippen LogP contribution in [0.5, 0.6) is 0 Å². The Labute approximate surface area is 134 Å². The highest BCUT2D eigenvalue weighted by Crippen LogP contribution is 2.22. The number of nitrogens with zero attached hydrogens (tertiary/aromatic N) is 2. The number of fused-ring (bicyclic) bond motifs is 1. The SMILES string of the molecule is CN(C)S(=O)(=O)c1ccc2c(c1)oc(=O)n2CC1CCCCO1. The predicted octanol–water partition coefficient (Wildman–Crippen LogP) is 1.41. The number of rotatable bonds is 4. The molecule has 1 aliphatic heterocycles. The molecule has 1 unspecified atom stereocenters. The van der Waals surface area contributed by atoms with Gasteiger partial charge in [-0.25, -0.2) is 17.5 Å². The number of oxazole rings is 1. The number of aromatic nitrogens is 1. The summed E-state index contributed by atoms with van der Waals surface area (Å²) in [5.74, 6) is -0.492. The van der Waals surface area contributed by atoms with E-state index >= 15 is 0 Å². The summed E-state index contributed by atoms with van der Waals surface area (Å²) in [7, 11) is -0.643. The van der Waals surface area contributed by atoms with Crippen LogP contribution in [-0.4, -0.2) is 44.1 Å². The maximum atomic E-state index is 12.2. The molecule has 126 valence electrons. The second kappa shape index (κ2) is 6.10. The molecule has 1 fully saturated rings. The minimum absolute atomic E-state index is 0.00701. The van der Waals surface area contributed by atoms with E-state index < -0.39 is 15.8 Å². The molecule has 0 radical (unpaired) electrons. The van der Waals surface area contributed by atoms with E-state index in [-0.39, 0.29) is 16.6 Å². The first kappa shape index (κ1) is 16.2. The highest BCUT2D eigenvalue weighted by molar-refractivity contribution is 7.89. The van der Waals surface area contributed by atoms with Gasteiger partial charge in [0.2, 0.25) is 10.0 Å². The van der Waals surface area contributed by atoms with Crippen molar-refractivity contribution in [3.8, 4) is 0 Å². The van der Waals surface area contributed by atoms with E-state index in [4.69, 9.17) is 9.15 Å². The summed E-state index contributed by atoms with van der Waals surface area (Å²) >= 11 is 0. The molecule has 1 atom stereocenters. The summed E-state index contributed by atoms with van der Waals surface area (Å²) in [5.41, 5.74) is 0.857. The van der Waals surface area contributed by atoms with E-state index in [9.17, 15) is 13.2 Å². The van der Waals surface area contributed by atoms with Gasteiger partial charge in [0.05, 0.1) is 23.1 Å². The van der Waals surface area contributed by atoms with Gasteiger partial charge >= 0.3 is 5.76 Å². The molecule has 1 aromatic heterocycles. The zero-order valence-corrected chi connectivity index (χ0v) is 14.0. The first-order valence-corrected chi connectivity index (χ1v) is 9.01. The summed E-state index contributed by atoms with van der Waals surface area (Å²) in [4.78, 5) is 12.2. The Morgan fingerprint density at radius 3 is 2.74 bits per heavy atom. The Morgan fingerprint density at radius 2 is 2.09 bits per heavy atom. The van der Waals surface area contributed by atoms with Crippen molar-refractivity contribution in [3.63, 3.8) is 0 Å². The highest BCUT2D eigenvalue weighted by atomic mass is 32.2. The van der Waals surface area contributed by atoms with Crippen molar-refractivity contribution >= 4 is 21.1 Å². The van der Waals surface area contributed by atoms with Crippen LogP contribution in [0.1, 0.15) is 19.3 Å². The van der Waals surface area contributed by atoms with Crippen LogP contribution in [0.4, 0.5) is 0 Å². The van der Waals surface area contributed by atoms with Crippen LogP contribution in [0.15, 0.2) is 32.3 Å². The van der Waals surface area contributed by atoms with Crippen LogP contribution in [0.3, 0.4) is 0 Å². The van der Waals surface area contributed by atoms with Gasteiger partial charge in [-0.1, -0.05) is 0 Å². The minimum atomic E-state index is -3.56. The molecule has 0 saturated carbocycles. The largest absolute Gasteiger partial charge is 0.420 e. The van der Waals surface area contributed by atoms with Crippen molar-refractivity contribution in [2.24, 2.45) is 0 Å². The maximum absolute atomic E-state index is 12.2. The molecule has 0 aliphatic carbocycles. The summed E-state index contributed by atoms with van der Waals surface area (Å²) < 4.78 is 37.8. The van der Waals surface area contributed by atoms with Crippen molar-refractivity contribution in [3.05, 3.63) is 28.7 Å². The Bertz CT molecular complexity index is 860. The molecule has 2 aromatic rings. The fourth-order valence-corrected chi connectivity index (χ4v) is 3.66. The van der Waals surface area contributed by atoms with Crippen molar-refractivity contribution in [1.82, 2.24) is 8.87 Å². The van der Waals surface area contributed by atoms with Crippen molar-refractivity contribution in [2.45, 2.75) is 36.8 Å². The number of hydrogen-bond donors (Lipinski definition) is 0. The van der Waals surface area contributed by atoms with Crippen LogP contribution >= 0.6 is 0 Å². The quantitative estimate of drug-likeness (QED) is 0.840. The summed E-state index contributed by atoms with van der Waals surface area (Å²) in [6.45, 7) is 1.13. The van der Waals surface area contributed by atoms with Gasteiger partial charge in [-0.2, -0.15) is 0 Å². The Hall–Kier alpha value is -1.64. The molecular weight excluding hydrogens is 320 g/mol. The lowest BCUT2D eigenvalue weighted by atomic mass is 10.1. The highest BCUT2D eigenvalue weighted by Gasteiger charge is 2.21. The monoisotopic (exact) mass is 340 g/mol. The molecular formula is C15H20N2O5S. The van der Waals surface area contributed by atoms with E-state index in [2.05, 4.69) is 0 Å². The van der Waals surface area contributed by atoms with Crippen LogP contribution in [0.25, 0.3) is 11.1 Å². The van der Waals surface area contributed by atoms with E-state index in [1.807, 2.05) is 0 Å². The molecule has 0 bridgehead atoms. The minimum Gasteiger partial charge on any atom is -0.408 e. The molecule has 1 aliphatic rings. The Balaban J connectivity index is 1.98. The van der Waals surface area contributed by atoms with Gasteiger partial charge in [-0.3, -0.25) is 4.57 Å². The number of sulfonamides is 1. The van der Waals surface area contributed by atoms with E-state index in [0.717, 1.165) is 23.6 Å². The summed E-state index contributed by atoms with van der Waals surface area (Å²) in [5, 5.41) is 0. The van der Waals surface area contributed by atoms with E-state index in [0.29, 0.717) is 18.7 Å². The van der Waals surface area contributed by atoms with E-state index in [1.54, 1.807) is 6.07 Å². The predicted molar refractivity (Wildman–Crippen MR) is 84.9 cm³/mol. The normalized spacial score (nSPS) is 19.5. The van der Waals surface area contributed by atoms with Gasteiger partial charge < -0.3 is 9.15 Å². The van der Waals surface area contributed by atoms with E-state index in [1.165, 1.54) is 30.8 Å². The molecule has 3 rings (SSSR count). The third kappa shape index (κ3) is 3.06. The summed E-state index contributed by atoms with van der Waals surface area (Å²) in [6, 6.07) is 4.49. The van der Waals surface area contributed by atoms with Crippen molar-refractivity contribution in [1.29, 1.82) is 0 Å². The lowest BCUT2D eigenvalue weighted by molar-refractivity contribution is 0.00559. The summed E-state index contributed by atoms with van der Waals surface area (Å²) in [6.07, 6.45) is 3.03. The molecule has 1 saturated heterocycles. The zero-order valence-electron chi connectivity index (χ0n) is 13.2. The average molecular weight is 340 g/mol. The van der Waals surface area contributed by atoms with Gasteiger partial charge in [-0.15, -0.1) is 0 Å². The van der Waals surface area contributed by atoms with Gasteiger partial charge in [0.15, 0.2) is 5.58 Å². The van der Waals surface area contributed by atoms with Crippen molar-refractivity contribution < 1.29 is 17.6 Å². The third-order valence-corrected chi connectivity index (χ3v) is 5.89. The van der Waals surface area contributed by atoms with Gasteiger partial charge in [-0.05, 0) is 31.4 Å². The second-order valence-corrected chi connectivity index (χ2v) is 8.04. The van der Waals surface area contributed by atoms with Gasteiger partial charge in [0.25, 0.3) is 0 Å². The first-order chi connectivity index (χ1) is 10.9. The zero-order chi connectivity index (χ0) is 16.6. The Morgan fingerprint density at radius 1 is 1.30 bits per heavy atom. The lowest BCUT2D eigenvalue weighted by Crippen LogP contribution is -2.28. The fourth-order valence-electron chi connectivity index (χ4n) is 2.75. The molecule has 0 N–H and O–H groups in total. The second-order valence-electron chi connectivity index (χ2n) is 5.88. The number of hydrogen-bond acceptors (Lipinski definition) is 5. The lowest BCUT2D eigenvalue weighted by Gasteiger charge is -2.22. The molecule has 7 nitrogen and oxygen atoms in total. The molecule has 1 aromatic carbocycles. The smallest absolute Gasteiger partial charge is 0.408 e. The number of ether oxygens (including phenoxy) is 1. The molecule has 23 heavy (non-hydrogen) atoms. The molecule has 8 heteroatoms. The van der Waals surface area contributed by atoms with Gasteiger partial charge in [0.1, 0.15) is 0 Å². The Kier molecular flexibility index (Phi) is 4.31. The topological polar surface area (TPSA) is 81.8 Å². The van der Waals surface area contributed by atoms with Crippen LogP contribution in [0.2, 0.25) is 0 Å². The van der Waals surface area contributed by atoms with Gasteiger partial charge in [0, 0.05) is 26.8 Å². The molecule has 0 amide bonds. The van der Waals surface area contributed by atoms with Crippen LogP contribution < -0.4 is 5.76 Å². The average Bonchev–Trinajstić information content (AvgIpc) is 2.83.